The zero-order valence-electron chi connectivity index (χ0n) is 14.8. The summed E-state index contributed by atoms with van der Waals surface area (Å²) in [5.74, 6) is -0.101. The van der Waals surface area contributed by atoms with Crippen LogP contribution >= 0.6 is 0 Å². The number of β-lactam (4-membered cyclic amide) rings is 1. The van der Waals surface area contributed by atoms with Gasteiger partial charge in [0.25, 0.3) is 5.91 Å². The highest BCUT2D eigenvalue weighted by molar-refractivity contribution is 5.98. The second kappa shape index (κ2) is 5.93. The fourth-order valence-electron chi connectivity index (χ4n) is 3.86. The van der Waals surface area contributed by atoms with Crippen LogP contribution < -0.4 is 0 Å². The van der Waals surface area contributed by atoms with Crippen LogP contribution in [0.1, 0.15) is 46.5 Å². The van der Waals surface area contributed by atoms with Gasteiger partial charge in [0.05, 0.1) is 13.1 Å². The second-order valence-corrected chi connectivity index (χ2v) is 8.02. The fourth-order valence-corrected chi connectivity index (χ4v) is 3.86. The number of nitrogens with zero attached hydrogens (tertiary/aromatic N) is 3. The molecule has 0 aromatic carbocycles. The molecule has 0 bridgehead atoms. The van der Waals surface area contributed by atoms with Crippen molar-refractivity contribution in [2.24, 2.45) is 0 Å². The lowest BCUT2D eigenvalue weighted by Gasteiger charge is -2.50. The normalized spacial score (nSPS) is 27.0. The fraction of sp³-hybridized carbons (Fsp3) is 0.824. The second-order valence-electron chi connectivity index (χ2n) is 8.02. The molecule has 1 unspecified atom stereocenters. The van der Waals surface area contributed by atoms with Crippen LogP contribution in [0.25, 0.3) is 0 Å². The molecule has 3 saturated heterocycles. The van der Waals surface area contributed by atoms with Gasteiger partial charge in [-0.25, -0.2) is 4.79 Å². The Hall–Kier alpha value is -1.79. The average molecular weight is 337 g/mol. The lowest BCUT2D eigenvalue weighted by atomic mass is 9.85. The average Bonchev–Trinajstić information content (AvgIpc) is 3.15. The number of hydrogen-bond acceptors (Lipinski definition) is 4. The van der Waals surface area contributed by atoms with Crippen LogP contribution in [0.5, 0.6) is 0 Å². The van der Waals surface area contributed by atoms with E-state index in [-0.39, 0.29) is 18.4 Å². The summed E-state index contributed by atoms with van der Waals surface area (Å²) in [4.78, 5) is 42.3. The van der Waals surface area contributed by atoms with Crippen molar-refractivity contribution in [2.75, 3.05) is 32.7 Å². The third kappa shape index (κ3) is 2.96. The predicted molar refractivity (Wildman–Crippen MR) is 87.3 cm³/mol. The molecule has 0 aromatic rings. The van der Waals surface area contributed by atoms with Gasteiger partial charge in [0.15, 0.2) is 0 Å². The number of hydrogen-bond donors (Lipinski definition) is 0. The highest BCUT2D eigenvalue weighted by atomic mass is 16.6. The van der Waals surface area contributed by atoms with Crippen LogP contribution in [0.15, 0.2) is 0 Å². The van der Waals surface area contributed by atoms with Gasteiger partial charge in [-0.1, -0.05) is 0 Å². The monoisotopic (exact) mass is 337 g/mol. The molecule has 0 aromatic heterocycles. The maximum Gasteiger partial charge on any atom is 0.411 e. The first kappa shape index (κ1) is 17.0. The van der Waals surface area contributed by atoms with Gasteiger partial charge >= 0.3 is 6.09 Å². The molecule has 0 aliphatic carbocycles. The maximum absolute atomic E-state index is 12.7. The first-order valence-corrected chi connectivity index (χ1v) is 8.81. The molecule has 7 heteroatoms. The zero-order chi connectivity index (χ0) is 17.5. The Morgan fingerprint density at radius 1 is 1.12 bits per heavy atom. The molecule has 7 nitrogen and oxygen atoms in total. The standard InChI is InChI=1S/C17H27N3O4/c1-16(2,3)24-15(23)20-10-6-7-17(20)12-19(14(17)22)11-13(21)18-8-4-5-9-18/h4-12H2,1-3H3. The van der Waals surface area contributed by atoms with Crippen molar-refractivity contribution in [1.82, 2.24) is 14.7 Å². The van der Waals surface area contributed by atoms with E-state index in [1.54, 1.807) is 9.80 Å². The quantitative estimate of drug-likeness (QED) is 0.711. The first-order valence-electron chi connectivity index (χ1n) is 8.81. The summed E-state index contributed by atoms with van der Waals surface area (Å²) in [5.41, 5.74) is -1.37. The lowest BCUT2D eigenvalue weighted by Crippen LogP contribution is -2.73. The van der Waals surface area contributed by atoms with Crippen molar-refractivity contribution < 1.29 is 19.1 Å². The van der Waals surface area contributed by atoms with Gasteiger partial charge in [0.2, 0.25) is 5.91 Å². The van der Waals surface area contributed by atoms with Gasteiger partial charge in [0.1, 0.15) is 11.1 Å². The van der Waals surface area contributed by atoms with E-state index in [0.29, 0.717) is 19.5 Å². The molecule has 3 rings (SSSR count). The van der Waals surface area contributed by atoms with Crippen LogP contribution in [-0.4, -0.2) is 76.5 Å². The third-order valence-electron chi connectivity index (χ3n) is 5.03. The summed E-state index contributed by atoms with van der Waals surface area (Å²) < 4.78 is 5.44. The molecule has 3 aliphatic heterocycles. The molecule has 0 radical (unpaired) electrons. The zero-order valence-corrected chi connectivity index (χ0v) is 14.8. The predicted octanol–water partition coefficient (Wildman–Crippen LogP) is 1.22. The highest BCUT2D eigenvalue weighted by Gasteiger charge is 2.60. The van der Waals surface area contributed by atoms with Crippen molar-refractivity contribution >= 4 is 17.9 Å². The third-order valence-corrected chi connectivity index (χ3v) is 5.03. The van der Waals surface area contributed by atoms with Crippen LogP contribution in [0.3, 0.4) is 0 Å². The summed E-state index contributed by atoms with van der Waals surface area (Å²) >= 11 is 0. The molecule has 3 amide bonds. The number of carbonyl (C=O) groups is 3. The number of ether oxygens (including phenoxy) is 1. The van der Waals surface area contributed by atoms with Crippen molar-refractivity contribution in [3.8, 4) is 0 Å². The summed E-state index contributed by atoms with van der Waals surface area (Å²) in [7, 11) is 0. The first-order chi connectivity index (χ1) is 11.2. The van der Waals surface area contributed by atoms with Crippen LogP contribution in [-0.2, 0) is 14.3 Å². The van der Waals surface area contributed by atoms with E-state index in [1.165, 1.54) is 0 Å². The minimum atomic E-state index is -0.784. The molecule has 1 spiro atoms. The van der Waals surface area contributed by atoms with Gasteiger partial charge in [-0.3, -0.25) is 14.5 Å². The Kier molecular flexibility index (Phi) is 4.21. The minimum Gasteiger partial charge on any atom is -0.444 e. The number of rotatable bonds is 2. The largest absolute Gasteiger partial charge is 0.444 e. The molecule has 1 atom stereocenters. The Labute approximate surface area is 142 Å². The molecule has 0 saturated carbocycles. The van der Waals surface area contributed by atoms with E-state index in [2.05, 4.69) is 0 Å². The van der Waals surface area contributed by atoms with Crippen molar-refractivity contribution in [3.63, 3.8) is 0 Å². The molecule has 0 N–H and O–H groups in total. The molecule has 134 valence electrons. The van der Waals surface area contributed by atoms with Crippen molar-refractivity contribution in [2.45, 2.75) is 57.6 Å². The minimum absolute atomic E-state index is 0.0116. The van der Waals surface area contributed by atoms with E-state index in [9.17, 15) is 14.4 Å². The van der Waals surface area contributed by atoms with Gasteiger partial charge in [-0.15, -0.1) is 0 Å². The summed E-state index contributed by atoms with van der Waals surface area (Å²) in [6.45, 7) is 8.12. The van der Waals surface area contributed by atoms with Crippen molar-refractivity contribution in [3.05, 3.63) is 0 Å². The molecule has 24 heavy (non-hydrogen) atoms. The molecular formula is C17H27N3O4. The topological polar surface area (TPSA) is 70.2 Å². The maximum atomic E-state index is 12.7. The Bertz CT molecular complexity index is 551. The van der Waals surface area contributed by atoms with E-state index >= 15 is 0 Å². The van der Waals surface area contributed by atoms with Gasteiger partial charge < -0.3 is 14.5 Å². The van der Waals surface area contributed by atoms with E-state index in [1.807, 2.05) is 25.7 Å². The van der Waals surface area contributed by atoms with Crippen LogP contribution in [0.4, 0.5) is 4.79 Å². The summed E-state index contributed by atoms with van der Waals surface area (Å²) in [5, 5.41) is 0. The van der Waals surface area contributed by atoms with Gasteiger partial charge in [0, 0.05) is 19.6 Å². The number of carbonyl (C=O) groups excluding carboxylic acids is 3. The molecule has 3 aliphatic rings. The van der Waals surface area contributed by atoms with Gasteiger partial charge in [-0.05, 0) is 46.5 Å². The van der Waals surface area contributed by atoms with Gasteiger partial charge in [-0.2, -0.15) is 0 Å². The number of amides is 3. The smallest absolute Gasteiger partial charge is 0.411 e. The lowest BCUT2D eigenvalue weighted by molar-refractivity contribution is -0.163. The SMILES string of the molecule is CC(C)(C)OC(=O)N1CCCC12CN(CC(=O)N1CCCC1)C2=O. The van der Waals surface area contributed by atoms with Crippen molar-refractivity contribution in [1.29, 1.82) is 0 Å². The molecule has 3 heterocycles. The Morgan fingerprint density at radius 3 is 2.38 bits per heavy atom. The summed E-state index contributed by atoms with van der Waals surface area (Å²) in [6.07, 6.45) is 3.09. The van der Waals surface area contributed by atoms with E-state index < -0.39 is 17.2 Å². The molecular weight excluding hydrogens is 310 g/mol. The Morgan fingerprint density at radius 2 is 1.79 bits per heavy atom. The molecule has 3 fully saturated rings. The van der Waals surface area contributed by atoms with Crippen LogP contribution in [0, 0.1) is 0 Å². The summed E-state index contributed by atoms with van der Waals surface area (Å²) in [6, 6.07) is 0. The van der Waals surface area contributed by atoms with Crippen LogP contribution in [0.2, 0.25) is 0 Å². The van der Waals surface area contributed by atoms with E-state index in [4.69, 9.17) is 4.74 Å². The Balaban J connectivity index is 1.61. The van der Waals surface area contributed by atoms with E-state index in [0.717, 1.165) is 32.4 Å². The number of likely N-dealkylation sites (tertiary alicyclic amines) is 3. The highest BCUT2D eigenvalue weighted by Crippen LogP contribution is 2.39.